The van der Waals surface area contributed by atoms with E-state index in [-0.39, 0.29) is 23.0 Å². The summed E-state index contributed by atoms with van der Waals surface area (Å²) in [7, 11) is 2.91. The fourth-order valence-electron chi connectivity index (χ4n) is 6.17. The Labute approximate surface area is 296 Å². The molecule has 4 nitrogen and oxygen atoms in total. The number of hydrogen-bond donors (Lipinski definition) is 2. The third-order valence-electron chi connectivity index (χ3n) is 9.66. The first kappa shape index (κ1) is 43.1. The van der Waals surface area contributed by atoms with Gasteiger partial charge in [0, 0.05) is 11.1 Å². The van der Waals surface area contributed by atoms with Gasteiger partial charge in [0.2, 0.25) is 11.5 Å². The van der Waals surface area contributed by atoms with Crippen LogP contribution in [0.2, 0.25) is 0 Å². The van der Waals surface area contributed by atoms with E-state index in [2.05, 4.69) is 85.8 Å². The maximum atomic E-state index is 10.7. The molecule has 0 aromatic heterocycles. The van der Waals surface area contributed by atoms with Crippen LogP contribution in [0.3, 0.4) is 0 Å². The summed E-state index contributed by atoms with van der Waals surface area (Å²) in [6, 6.07) is 0. The van der Waals surface area contributed by atoms with Gasteiger partial charge in [-0.15, -0.1) is 0 Å². The van der Waals surface area contributed by atoms with E-state index in [4.69, 9.17) is 9.47 Å². The second-order valence-electron chi connectivity index (χ2n) is 14.8. The van der Waals surface area contributed by atoms with Crippen LogP contribution >= 0.6 is 0 Å². The van der Waals surface area contributed by atoms with Crippen molar-refractivity contribution in [1.29, 1.82) is 0 Å². The Bertz CT molecular complexity index is 1240. The van der Waals surface area contributed by atoms with Crippen molar-refractivity contribution >= 4 is 0 Å². The molecule has 0 fully saturated rings. The van der Waals surface area contributed by atoms with Gasteiger partial charge in [0.1, 0.15) is 0 Å². The highest BCUT2D eigenvalue weighted by Crippen LogP contribution is 2.48. The molecular weight excluding hydrogens is 592 g/mol. The predicted octanol–water partition coefficient (Wildman–Crippen LogP) is 13.5. The van der Waals surface area contributed by atoms with Crippen molar-refractivity contribution < 1.29 is 19.7 Å². The fourth-order valence-corrected chi connectivity index (χ4v) is 6.17. The van der Waals surface area contributed by atoms with Crippen LogP contribution in [0.25, 0.3) is 0 Å². The average molecular weight is 665 g/mol. The van der Waals surface area contributed by atoms with Crippen LogP contribution in [0.4, 0.5) is 0 Å². The lowest BCUT2D eigenvalue weighted by atomic mass is 9.96. The molecule has 48 heavy (non-hydrogen) atoms. The highest BCUT2D eigenvalue weighted by molar-refractivity contribution is 5.66. The molecule has 272 valence electrons. The smallest absolute Gasteiger partial charge is 0.207 e. The van der Waals surface area contributed by atoms with Gasteiger partial charge in [-0.05, 0) is 137 Å². The largest absolute Gasteiger partial charge is 0.504 e. The first-order valence-corrected chi connectivity index (χ1v) is 18.7. The van der Waals surface area contributed by atoms with Crippen molar-refractivity contribution in [1.82, 2.24) is 0 Å². The summed E-state index contributed by atoms with van der Waals surface area (Å²) in [5, 5.41) is 21.2. The number of phenols is 2. The molecule has 2 N–H and O–H groups in total. The summed E-state index contributed by atoms with van der Waals surface area (Å²) in [5.74, 6) is 2.00. The molecule has 0 radical (unpaired) electrons. The van der Waals surface area contributed by atoms with Crippen molar-refractivity contribution in [2.45, 2.75) is 159 Å². The molecule has 0 aliphatic carbocycles. The molecule has 0 amide bonds. The second-order valence-corrected chi connectivity index (χ2v) is 14.8. The molecule has 0 bridgehead atoms. The number of hydrogen-bond acceptors (Lipinski definition) is 4. The van der Waals surface area contributed by atoms with E-state index in [1.165, 1.54) is 82.3 Å². The minimum atomic E-state index is 0.00957. The van der Waals surface area contributed by atoms with Crippen LogP contribution in [-0.4, -0.2) is 24.4 Å². The summed E-state index contributed by atoms with van der Waals surface area (Å²) in [6.07, 6.45) is 29.2. The van der Waals surface area contributed by atoms with Crippen LogP contribution in [0.15, 0.2) is 58.2 Å². The molecule has 1 aromatic rings. The van der Waals surface area contributed by atoms with Crippen molar-refractivity contribution in [3.8, 4) is 23.0 Å². The number of methoxy groups -OCH3 is 2. The monoisotopic (exact) mass is 665 g/mol. The number of ether oxygens (including phenoxy) is 2. The van der Waals surface area contributed by atoms with E-state index < -0.39 is 0 Å². The van der Waals surface area contributed by atoms with Crippen molar-refractivity contribution in [2.24, 2.45) is 11.8 Å². The van der Waals surface area contributed by atoms with E-state index >= 15 is 0 Å². The first-order chi connectivity index (χ1) is 22.8. The SMILES string of the molecule is COc1c(O)c(C)c(C/C=C(\C)CC/C=C(\C)CC/C=C(\C)CC/C=C(\C)CCCC(C)CC/C=C(/C)CCCC(C)C)c(O)c1OC. The maximum absolute atomic E-state index is 10.7. The van der Waals surface area contributed by atoms with Crippen LogP contribution in [0.1, 0.15) is 156 Å². The molecule has 0 aliphatic heterocycles. The minimum Gasteiger partial charge on any atom is -0.504 e. The van der Waals surface area contributed by atoms with Crippen LogP contribution in [-0.2, 0) is 6.42 Å². The molecular formula is C44H72O4. The highest BCUT2D eigenvalue weighted by atomic mass is 16.5. The number of allylic oxidation sites excluding steroid dienone is 10. The number of benzene rings is 1. The van der Waals surface area contributed by atoms with Gasteiger partial charge in [0.15, 0.2) is 11.5 Å². The van der Waals surface area contributed by atoms with Gasteiger partial charge in [-0.3, -0.25) is 0 Å². The lowest BCUT2D eigenvalue weighted by Gasteiger charge is -2.17. The molecule has 0 saturated carbocycles. The zero-order valence-corrected chi connectivity index (χ0v) is 32.9. The van der Waals surface area contributed by atoms with Crippen LogP contribution in [0, 0.1) is 18.8 Å². The Morgan fingerprint density at radius 2 is 0.979 bits per heavy atom. The highest BCUT2D eigenvalue weighted by Gasteiger charge is 2.22. The zero-order chi connectivity index (χ0) is 36.1. The Balaban J connectivity index is 2.34. The van der Waals surface area contributed by atoms with E-state index in [0.29, 0.717) is 17.5 Å². The fraction of sp³-hybridized carbons (Fsp3) is 0.636. The maximum Gasteiger partial charge on any atom is 0.207 e. The molecule has 0 saturated heterocycles. The molecule has 0 aliphatic rings. The summed E-state index contributed by atoms with van der Waals surface area (Å²) >= 11 is 0. The van der Waals surface area contributed by atoms with Gasteiger partial charge >= 0.3 is 0 Å². The van der Waals surface area contributed by atoms with E-state index in [0.717, 1.165) is 50.4 Å². The molecule has 1 aromatic carbocycles. The lowest BCUT2D eigenvalue weighted by molar-refractivity contribution is 0.314. The number of aromatic hydroxyl groups is 2. The van der Waals surface area contributed by atoms with Gasteiger partial charge < -0.3 is 19.7 Å². The predicted molar refractivity (Wildman–Crippen MR) is 209 cm³/mol. The quantitative estimate of drug-likeness (QED) is 0.0853. The van der Waals surface area contributed by atoms with Crippen molar-refractivity contribution in [3.05, 3.63) is 69.4 Å². The zero-order valence-electron chi connectivity index (χ0n) is 32.9. The Morgan fingerprint density at radius 3 is 1.46 bits per heavy atom. The van der Waals surface area contributed by atoms with Crippen LogP contribution < -0.4 is 9.47 Å². The molecule has 0 spiro atoms. The van der Waals surface area contributed by atoms with Gasteiger partial charge in [-0.1, -0.05) is 91.9 Å². The number of rotatable bonds is 24. The summed E-state index contributed by atoms with van der Waals surface area (Å²) < 4.78 is 10.5. The van der Waals surface area contributed by atoms with Crippen molar-refractivity contribution in [3.63, 3.8) is 0 Å². The standard InChI is InChI=1S/C44H72O4/c1-32(2)18-12-19-33(3)20-13-21-34(4)22-14-23-35(5)24-15-25-36(6)26-16-27-37(7)28-17-29-38(8)30-31-40-39(9)41(45)43(47-10)44(48-11)42(40)46/h20,24,26,28,30,32,34,45-46H,12-19,21-23,25,27,29,31H2,1-11H3/b33-20-,35-24+,36-26+,37-28+,38-30+. The van der Waals surface area contributed by atoms with Gasteiger partial charge in [0.25, 0.3) is 0 Å². The third kappa shape index (κ3) is 17.5. The normalized spacial score (nSPS) is 14.2. The van der Waals surface area contributed by atoms with Crippen molar-refractivity contribution in [2.75, 3.05) is 14.2 Å². The molecule has 1 unspecified atom stereocenters. The molecule has 1 atom stereocenters. The van der Waals surface area contributed by atoms with E-state index in [1.807, 2.05) is 0 Å². The van der Waals surface area contributed by atoms with E-state index in [9.17, 15) is 10.2 Å². The van der Waals surface area contributed by atoms with Gasteiger partial charge in [-0.2, -0.15) is 0 Å². The molecule has 0 heterocycles. The Kier molecular flexibility index (Phi) is 21.8. The Morgan fingerprint density at radius 1 is 0.562 bits per heavy atom. The summed E-state index contributed by atoms with van der Waals surface area (Å²) in [4.78, 5) is 0. The van der Waals surface area contributed by atoms with Crippen LogP contribution in [0.5, 0.6) is 23.0 Å². The first-order valence-electron chi connectivity index (χ1n) is 18.7. The molecule has 4 heteroatoms. The van der Waals surface area contributed by atoms with Gasteiger partial charge in [-0.25, -0.2) is 0 Å². The Hall–Kier alpha value is -2.88. The molecule has 1 rings (SSSR count). The average Bonchev–Trinajstić information content (AvgIpc) is 3.02. The lowest BCUT2D eigenvalue weighted by Crippen LogP contribution is -1.98. The minimum absolute atomic E-state index is 0.00957. The third-order valence-corrected chi connectivity index (χ3v) is 9.66. The summed E-state index contributed by atoms with van der Waals surface area (Å²) in [5.41, 5.74) is 8.58. The van der Waals surface area contributed by atoms with Gasteiger partial charge in [0.05, 0.1) is 14.2 Å². The summed E-state index contributed by atoms with van der Waals surface area (Å²) in [6.45, 7) is 20.1. The number of phenolic OH excluding ortho intramolecular Hbond substituents is 2. The second kappa shape index (κ2) is 24.3. The topological polar surface area (TPSA) is 58.9 Å². The van der Waals surface area contributed by atoms with E-state index in [1.54, 1.807) is 18.1 Å².